The molecule has 0 bridgehead atoms. The summed E-state index contributed by atoms with van der Waals surface area (Å²) in [5, 5.41) is 10.1. The van der Waals surface area contributed by atoms with Crippen LogP contribution < -0.4 is 0 Å². The van der Waals surface area contributed by atoms with E-state index in [4.69, 9.17) is 0 Å². The van der Waals surface area contributed by atoms with Gasteiger partial charge >= 0.3 is 0 Å². The first kappa shape index (κ1) is 10.5. The Labute approximate surface area is 97.6 Å². The minimum Gasteiger partial charge on any atom is -0.282 e. The number of rotatable bonds is 1. The molecule has 0 aromatic heterocycles. The number of hydrogen-bond donors (Lipinski definition) is 0. The average Bonchev–Trinajstić information content (AvgIpc) is 2.20. The van der Waals surface area contributed by atoms with Crippen molar-refractivity contribution in [2.75, 3.05) is 13.6 Å². The molecule has 0 aromatic rings. The summed E-state index contributed by atoms with van der Waals surface area (Å²) in [5.74, 6) is 0. The number of hydrogen-bond acceptors (Lipinski definition) is 4. The van der Waals surface area contributed by atoms with Gasteiger partial charge in [0.1, 0.15) is 0 Å². The molecule has 0 saturated carbocycles. The van der Waals surface area contributed by atoms with Crippen LogP contribution in [0.4, 0.5) is 0 Å². The SMILES string of the molecule is CC1=C(C2CC=C(Br)C=N2)N=NN(C)C1. The highest BCUT2D eigenvalue weighted by atomic mass is 79.9. The second kappa shape index (κ2) is 4.26. The number of aliphatic imine (C=N–C) groups is 1. The smallest absolute Gasteiger partial charge is 0.0974 e. The van der Waals surface area contributed by atoms with Gasteiger partial charge in [-0.1, -0.05) is 11.3 Å². The second-order valence-electron chi connectivity index (χ2n) is 3.79. The van der Waals surface area contributed by atoms with E-state index in [2.05, 4.69) is 44.3 Å². The summed E-state index contributed by atoms with van der Waals surface area (Å²) >= 11 is 3.40. The summed E-state index contributed by atoms with van der Waals surface area (Å²) in [7, 11) is 1.92. The van der Waals surface area contributed by atoms with E-state index in [1.54, 1.807) is 0 Å². The molecule has 1 atom stereocenters. The van der Waals surface area contributed by atoms with Gasteiger partial charge in [-0.15, -0.1) is 5.11 Å². The van der Waals surface area contributed by atoms with Gasteiger partial charge < -0.3 is 0 Å². The Morgan fingerprint density at radius 3 is 2.93 bits per heavy atom. The maximum absolute atomic E-state index is 4.44. The molecule has 2 rings (SSSR count). The summed E-state index contributed by atoms with van der Waals surface area (Å²) in [6.07, 6.45) is 4.85. The van der Waals surface area contributed by atoms with E-state index in [9.17, 15) is 0 Å². The fourth-order valence-corrected chi connectivity index (χ4v) is 2.00. The van der Waals surface area contributed by atoms with Crippen LogP contribution in [0.15, 0.2) is 37.2 Å². The molecule has 15 heavy (non-hydrogen) atoms. The van der Waals surface area contributed by atoms with E-state index < -0.39 is 0 Å². The van der Waals surface area contributed by atoms with Crippen LogP contribution in [-0.2, 0) is 0 Å². The highest BCUT2D eigenvalue weighted by Crippen LogP contribution is 2.25. The van der Waals surface area contributed by atoms with Crippen molar-refractivity contribution in [3.63, 3.8) is 0 Å². The molecular weight excluding hydrogens is 256 g/mol. The van der Waals surface area contributed by atoms with Gasteiger partial charge in [0.05, 0.1) is 18.3 Å². The third-order valence-corrected chi connectivity index (χ3v) is 2.97. The number of nitrogens with zero attached hydrogens (tertiary/aromatic N) is 4. The van der Waals surface area contributed by atoms with Crippen LogP contribution >= 0.6 is 15.9 Å². The van der Waals surface area contributed by atoms with Crippen LogP contribution in [0.5, 0.6) is 0 Å². The largest absolute Gasteiger partial charge is 0.282 e. The third-order valence-electron chi connectivity index (χ3n) is 2.44. The first-order chi connectivity index (χ1) is 7.16. The van der Waals surface area contributed by atoms with Crippen LogP contribution in [0, 0.1) is 0 Å². The first-order valence-electron chi connectivity index (χ1n) is 4.88. The van der Waals surface area contributed by atoms with Crippen LogP contribution in [0.25, 0.3) is 0 Å². The third kappa shape index (κ3) is 2.34. The Morgan fingerprint density at radius 2 is 2.33 bits per heavy atom. The highest BCUT2D eigenvalue weighted by Gasteiger charge is 2.20. The number of likely N-dealkylation sites (N-methyl/N-ethyl adjacent to an activating group) is 1. The molecule has 0 aliphatic carbocycles. The average molecular weight is 269 g/mol. The zero-order chi connectivity index (χ0) is 10.8. The summed E-state index contributed by atoms with van der Waals surface area (Å²) in [5.41, 5.74) is 2.27. The maximum Gasteiger partial charge on any atom is 0.0974 e. The molecule has 0 saturated heterocycles. The summed E-state index contributed by atoms with van der Waals surface area (Å²) in [4.78, 5) is 4.44. The Morgan fingerprint density at radius 1 is 1.53 bits per heavy atom. The Kier molecular flexibility index (Phi) is 3.00. The van der Waals surface area contributed by atoms with Gasteiger partial charge in [0.15, 0.2) is 0 Å². The summed E-state index contributed by atoms with van der Waals surface area (Å²) < 4.78 is 1.04. The van der Waals surface area contributed by atoms with E-state index >= 15 is 0 Å². The molecule has 4 nitrogen and oxygen atoms in total. The van der Waals surface area contributed by atoms with Gasteiger partial charge in [-0.25, -0.2) is 0 Å². The predicted octanol–water partition coefficient (Wildman–Crippen LogP) is 2.69. The zero-order valence-electron chi connectivity index (χ0n) is 8.81. The van der Waals surface area contributed by atoms with E-state index in [0.29, 0.717) is 0 Å². The van der Waals surface area contributed by atoms with Crippen molar-refractivity contribution in [2.45, 2.75) is 19.4 Å². The molecular formula is C10H13BrN4. The van der Waals surface area contributed by atoms with Crippen LogP contribution in [0.2, 0.25) is 0 Å². The lowest BCUT2D eigenvalue weighted by Gasteiger charge is -2.22. The summed E-state index contributed by atoms with van der Waals surface area (Å²) in [6, 6.07) is 0.142. The molecule has 2 aliphatic heterocycles. The van der Waals surface area contributed by atoms with Gasteiger partial charge in [-0.05, 0) is 34.8 Å². The van der Waals surface area contributed by atoms with Crippen molar-refractivity contribution in [3.05, 3.63) is 21.8 Å². The Hall–Kier alpha value is -0.970. The fourth-order valence-electron chi connectivity index (χ4n) is 1.70. The van der Waals surface area contributed by atoms with Crippen molar-refractivity contribution in [1.29, 1.82) is 0 Å². The van der Waals surface area contributed by atoms with E-state index in [0.717, 1.165) is 23.1 Å². The topological polar surface area (TPSA) is 40.3 Å². The number of dihydropyridines is 1. The van der Waals surface area contributed by atoms with E-state index in [-0.39, 0.29) is 6.04 Å². The van der Waals surface area contributed by atoms with E-state index in [1.165, 1.54) is 5.57 Å². The van der Waals surface area contributed by atoms with Crippen molar-refractivity contribution in [3.8, 4) is 0 Å². The minimum atomic E-state index is 0.142. The number of allylic oxidation sites excluding steroid dienone is 1. The second-order valence-corrected chi connectivity index (χ2v) is 4.71. The molecule has 0 fully saturated rings. The van der Waals surface area contributed by atoms with Crippen LogP contribution in [0.1, 0.15) is 13.3 Å². The minimum absolute atomic E-state index is 0.142. The predicted molar refractivity (Wildman–Crippen MR) is 64.1 cm³/mol. The van der Waals surface area contributed by atoms with Gasteiger partial charge in [0, 0.05) is 17.7 Å². The van der Waals surface area contributed by atoms with Gasteiger partial charge in [-0.2, -0.15) is 0 Å². The zero-order valence-corrected chi connectivity index (χ0v) is 10.4. The lowest BCUT2D eigenvalue weighted by molar-refractivity contribution is 0.339. The lowest BCUT2D eigenvalue weighted by atomic mass is 10.0. The van der Waals surface area contributed by atoms with Crippen LogP contribution in [0.3, 0.4) is 0 Å². The quantitative estimate of drug-likeness (QED) is 0.721. The molecule has 0 spiro atoms. The van der Waals surface area contributed by atoms with Gasteiger partial charge in [0.25, 0.3) is 0 Å². The first-order valence-corrected chi connectivity index (χ1v) is 5.67. The molecule has 0 amide bonds. The monoisotopic (exact) mass is 268 g/mol. The van der Waals surface area contributed by atoms with Crippen LogP contribution in [-0.4, -0.2) is 30.9 Å². The summed E-state index contributed by atoms with van der Waals surface area (Å²) in [6.45, 7) is 2.93. The maximum atomic E-state index is 4.44. The molecule has 2 heterocycles. The molecule has 80 valence electrons. The molecule has 0 N–H and O–H groups in total. The molecule has 5 heteroatoms. The van der Waals surface area contributed by atoms with E-state index in [1.807, 2.05) is 18.3 Å². The van der Waals surface area contributed by atoms with Crippen molar-refractivity contribution in [1.82, 2.24) is 5.01 Å². The molecule has 1 unspecified atom stereocenters. The molecule has 0 radical (unpaired) electrons. The molecule has 0 aromatic carbocycles. The van der Waals surface area contributed by atoms with Crippen molar-refractivity contribution < 1.29 is 0 Å². The lowest BCUT2D eigenvalue weighted by Crippen LogP contribution is -2.22. The number of halogens is 1. The Balaban J connectivity index is 2.16. The normalized spacial score (nSPS) is 25.9. The van der Waals surface area contributed by atoms with Crippen molar-refractivity contribution in [2.24, 2.45) is 15.3 Å². The highest BCUT2D eigenvalue weighted by molar-refractivity contribution is 9.12. The standard InChI is InChI=1S/C10H13BrN4/c1-7-6-15(2)14-13-10(7)9-4-3-8(11)5-12-9/h3,5,9H,4,6H2,1-2H3. The molecule has 2 aliphatic rings. The van der Waals surface area contributed by atoms with Gasteiger partial charge in [-0.3, -0.25) is 10.0 Å². The van der Waals surface area contributed by atoms with Crippen molar-refractivity contribution >= 4 is 22.1 Å². The Bertz CT molecular complexity index is 381. The fraction of sp³-hybridized carbons (Fsp3) is 0.500. The van der Waals surface area contributed by atoms with Gasteiger partial charge in [0.2, 0.25) is 0 Å².